The Balaban J connectivity index is 2.92. The number of ether oxygens (including phenoxy) is 1. The first-order valence-corrected chi connectivity index (χ1v) is 6.64. The van der Waals surface area contributed by atoms with Crippen molar-refractivity contribution >= 4 is 5.97 Å². The quantitative estimate of drug-likeness (QED) is 0.755. The van der Waals surface area contributed by atoms with Gasteiger partial charge >= 0.3 is 5.97 Å². The number of carbonyl (C=O) groups is 1. The molecule has 1 aromatic carbocycles. The van der Waals surface area contributed by atoms with Crippen molar-refractivity contribution in [1.82, 2.24) is 5.32 Å². The molecule has 0 aliphatic heterocycles. The third kappa shape index (κ3) is 3.57. The van der Waals surface area contributed by atoms with E-state index in [-0.39, 0.29) is 5.97 Å². The number of rotatable bonds is 7. The van der Waals surface area contributed by atoms with E-state index in [1.54, 1.807) is 0 Å². The van der Waals surface area contributed by atoms with Crippen LogP contribution in [0.1, 0.15) is 32.8 Å². The van der Waals surface area contributed by atoms with Crippen LogP contribution in [0.25, 0.3) is 0 Å². The largest absolute Gasteiger partial charge is 0.465 e. The average Bonchev–Trinajstić information content (AvgIpc) is 2.39. The first kappa shape index (κ1) is 14.7. The summed E-state index contributed by atoms with van der Waals surface area (Å²) in [5.74, 6) is -0.154. The molecule has 0 aliphatic rings. The lowest BCUT2D eigenvalue weighted by Crippen LogP contribution is -2.54. The standard InChI is InChI=1S/C15H23NO2/c1-4-15(16-5-2,14(17)18-6-3)12-13-10-8-7-9-11-13/h7-11,16H,4-6,12H2,1-3H3. The van der Waals surface area contributed by atoms with E-state index in [2.05, 4.69) is 5.32 Å². The van der Waals surface area contributed by atoms with Gasteiger partial charge in [0.05, 0.1) is 6.61 Å². The van der Waals surface area contributed by atoms with Crippen molar-refractivity contribution in [2.24, 2.45) is 0 Å². The second-order valence-corrected chi connectivity index (χ2v) is 4.35. The van der Waals surface area contributed by atoms with Crippen LogP contribution in [-0.2, 0) is 16.0 Å². The van der Waals surface area contributed by atoms with Crippen LogP contribution in [0.15, 0.2) is 30.3 Å². The maximum atomic E-state index is 12.2. The number of nitrogens with one attached hydrogen (secondary N) is 1. The maximum Gasteiger partial charge on any atom is 0.326 e. The van der Waals surface area contributed by atoms with Crippen molar-refractivity contribution in [3.05, 3.63) is 35.9 Å². The Labute approximate surface area is 110 Å². The minimum atomic E-state index is -0.605. The fraction of sp³-hybridized carbons (Fsp3) is 0.533. The lowest BCUT2D eigenvalue weighted by atomic mass is 9.88. The van der Waals surface area contributed by atoms with E-state index in [9.17, 15) is 4.79 Å². The first-order chi connectivity index (χ1) is 8.68. The fourth-order valence-electron chi connectivity index (χ4n) is 2.15. The zero-order valence-electron chi connectivity index (χ0n) is 11.5. The van der Waals surface area contributed by atoms with Crippen LogP contribution in [0, 0.1) is 0 Å². The van der Waals surface area contributed by atoms with Gasteiger partial charge in [0.15, 0.2) is 0 Å². The highest BCUT2D eigenvalue weighted by Gasteiger charge is 2.37. The van der Waals surface area contributed by atoms with Gasteiger partial charge in [0.25, 0.3) is 0 Å². The molecular weight excluding hydrogens is 226 g/mol. The number of hydrogen-bond donors (Lipinski definition) is 1. The van der Waals surface area contributed by atoms with Gasteiger partial charge in [-0.2, -0.15) is 0 Å². The molecule has 1 rings (SSSR count). The van der Waals surface area contributed by atoms with E-state index in [0.29, 0.717) is 19.4 Å². The Morgan fingerprint density at radius 1 is 1.22 bits per heavy atom. The van der Waals surface area contributed by atoms with Crippen LogP contribution < -0.4 is 5.32 Å². The maximum absolute atomic E-state index is 12.2. The summed E-state index contributed by atoms with van der Waals surface area (Å²) in [5, 5.41) is 3.30. The van der Waals surface area contributed by atoms with Crippen molar-refractivity contribution in [3.63, 3.8) is 0 Å². The normalized spacial score (nSPS) is 13.9. The molecule has 0 amide bonds. The van der Waals surface area contributed by atoms with Crippen molar-refractivity contribution in [2.75, 3.05) is 13.2 Å². The minimum absolute atomic E-state index is 0.154. The van der Waals surface area contributed by atoms with Gasteiger partial charge < -0.3 is 10.1 Å². The summed E-state index contributed by atoms with van der Waals surface area (Å²) in [6.07, 6.45) is 1.38. The van der Waals surface area contributed by atoms with Crippen molar-refractivity contribution < 1.29 is 9.53 Å². The Hall–Kier alpha value is -1.35. The van der Waals surface area contributed by atoms with Crippen LogP contribution in [-0.4, -0.2) is 24.7 Å². The van der Waals surface area contributed by atoms with E-state index in [0.717, 1.165) is 12.1 Å². The number of carbonyl (C=O) groups excluding carboxylic acids is 1. The molecule has 1 atom stereocenters. The number of hydrogen-bond acceptors (Lipinski definition) is 3. The topological polar surface area (TPSA) is 38.3 Å². The molecule has 0 saturated heterocycles. The second-order valence-electron chi connectivity index (χ2n) is 4.35. The molecule has 100 valence electrons. The molecule has 0 radical (unpaired) electrons. The Kier molecular flexibility index (Phi) is 5.86. The van der Waals surface area contributed by atoms with E-state index < -0.39 is 5.54 Å². The molecule has 0 heterocycles. The first-order valence-electron chi connectivity index (χ1n) is 6.64. The minimum Gasteiger partial charge on any atom is -0.465 e. The molecule has 0 bridgehead atoms. The molecule has 1 aromatic rings. The Morgan fingerprint density at radius 3 is 2.39 bits per heavy atom. The zero-order chi connectivity index (χ0) is 13.4. The highest BCUT2D eigenvalue weighted by molar-refractivity contribution is 5.81. The lowest BCUT2D eigenvalue weighted by molar-refractivity contribution is -0.151. The predicted molar refractivity (Wildman–Crippen MR) is 73.5 cm³/mol. The van der Waals surface area contributed by atoms with Crippen LogP contribution >= 0.6 is 0 Å². The number of esters is 1. The second kappa shape index (κ2) is 7.17. The van der Waals surface area contributed by atoms with Crippen LogP contribution in [0.2, 0.25) is 0 Å². The van der Waals surface area contributed by atoms with Crippen molar-refractivity contribution in [3.8, 4) is 0 Å². The number of benzene rings is 1. The van der Waals surface area contributed by atoms with E-state index in [4.69, 9.17) is 4.74 Å². The monoisotopic (exact) mass is 249 g/mol. The van der Waals surface area contributed by atoms with Gasteiger partial charge in [0.2, 0.25) is 0 Å². The van der Waals surface area contributed by atoms with Crippen molar-refractivity contribution in [1.29, 1.82) is 0 Å². The average molecular weight is 249 g/mol. The smallest absolute Gasteiger partial charge is 0.326 e. The summed E-state index contributed by atoms with van der Waals surface area (Å²) in [6.45, 7) is 7.03. The van der Waals surface area contributed by atoms with Gasteiger partial charge in [-0.3, -0.25) is 4.79 Å². The highest BCUT2D eigenvalue weighted by Crippen LogP contribution is 2.19. The fourth-order valence-corrected chi connectivity index (χ4v) is 2.15. The summed E-state index contributed by atoms with van der Waals surface area (Å²) in [5.41, 5.74) is 0.542. The van der Waals surface area contributed by atoms with Crippen LogP contribution in [0.4, 0.5) is 0 Å². The highest BCUT2D eigenvalue weighted by atomic mass is 16.5. The SMILES string of the molecule is CCNC(CC)(Cc1ccccc1)C(=O)OCC. The van der Waals surface area contributed by atoms with Gasteiger partial charge in [-0.25, -0.2) is 0 Å². The molecule has 0 aromatic heterocycles. The molecule has 0 saturated carbocycles. The molecule has 3 heteroatoms. The van der Waals surface area contributed by atoms with Crippen molar-refractivity contribution in [2.45, 2.75) is 39.2 Å². The third-order valence-electron chi connectivity index (χ3n) is 3.13. The molecular formula is C15H23NO2. The summed E-state index contributed by atoms with van der Waals surface area (Å²) in [6, 6.07) is 10.1. The Bertz CT molecular complexity index is 364. The van der Waals surface area contributed by atoms with Gasteiger partial charge in [-0.05, 0) is 25.5 Å². The van der Waals surface area contributed by atoms with Crippen LogP contribution in [0.5, 0.6) is 0 Å². The third-order valence-corrected chi connectivity index (χ3v) is 3.13. The van der Waals surface area contributed by atoms with Gasteiger partial charge in [0.1, 0.15) is 5.54 Å². The molecule has 0 aliphatic carbocycles. The summed E-state index contributed by atoms with van der Waals surface area (Å²) in [4.78, 5) is 12.2. The molecule has 1 unspecified atom stereocenters. The van der Waals surface area contributed by atoms with E-state index in [1.165, 1.54) is 0 Å². The molecule has 0 fully saturated rings. The number of likely N-dealkylation sites (N-methyl/N-ethyl adjacent to an activating group) is 1. The van der Waals surface area contributed by atoms with E-state index >= 15 is 0 Å². The lowest BCUT2D eigenvalue weighted by Gasteiger charge is -2.31. The van der Waals surface area contributed by atoms with Gasteiger partial charge in [-0.1, -0.05) is 44.2 Å². The van der Waals surface area contributed by atoms with E-state index in [1.807, 2.05) is 51.1 Å². The molecule has 3 nitrogen and oxygen atoms in total. The molecule has 0 spiro atoms. The summed E-state index contributed by atoms with van der Waals surface area (Å²) < 4.78 is 5.22. The Morgan fingerprint density at radius 2 is 1.89 bits per heavy atom. The predicted octanol–water partition coefficient (Wildman–Crippen LogP) is 2.55. The molecule has 1 N–H and O–H groups in total. The summed E-state index contributed by atoms with van der Waals surface area (Å²) >= 11 is 0. The van der Waals surface area contributed by atoms with Gasteiger partial charge in [0, 0.05) is 6.42 Å². The van der Waals surface area contributed by atoms with Crippen LogP contribution in [0.3, 0.4) is 0 Å². The van der Waals surface area contributed by atoms with Gasteiger partial charge in [-0.15, -0.1) is 0 Å². The molecule has 18 heavy (non-hydrogen) atoms. The summed E-state index contributed by atoms with van der Waals surface area (Å²) in [7, 11) is 0. The zero-order valence-corrected chi connectivity index (χ0v) is 11.5.